The van der Waals surface area contributed by atoms with Gasteiger partial charge >= 0.3 is 0 Å². The van der Waals surface area contributed by atoms with Gasteiger partial charge in [-0.3, -0.25) is 0 Å². The highest BCUT2D eigenvalue weighted by molar-refractivity contribution is 4.39. The predicted molar refractivity (Wildman–Crippen MR) is 71.7 cm³/mol. The summed E-state index contributed by atoms with van der Waals surface area (Å²) in [6.45, 7) is 5.61. The molecule has 0 aliphatic heterocycles. The Morgan fingerprint density at radius 1 is 0.579 bits per heavy atom. The number of ether oxygens (including phenoxy) is 2. The second kappa shape index (κ2) is 30.6. The van der Waals surface area contributed by atoms with E-state index in [4.69, 9.17) is 35.0 Å². The van der Waals surface area contributed by atoms with Gasteiger partial charge in [-0.05, 0) is 6.42 Å². The van der Waals surface area contributed by atoms with Crippen molar-refractivity contribution < 1.29 is 35.0 Å². The minimum atomic E-state index is -0.125. The quantitative estimate of drug-likeness (QED) is 0.312. The average Bonchev–Trinajstić information content (AvgIpc) is 2.47. The molecule has 19 heavy (non-hydrogen) atoms. The van der Waals surface area contributed by atoms with E-state index >= 15 is 0 Å². The maximum absolute atomic E-state index is 8.33. The Labute approximate surface area is 115 Å². The molecule has 0 amide bonds. The van der Waals surface area contributed by atoms with E-state index < -0.39 is 0 Å². The summed E-state index contributed by atoms with van der Waals surface area (Å²) in [5.74, 6) is 0. The maximum Gasteiger partial charge on any atom is 0.0701 e. The van der Waals surface area contributed by atoms with Gasteiger partial charge in [-0.2, -0.15) is 0 Å². The molecule has 0 aliphatic carbocycles. The van der Waals surface area contributed by atoms with Gasteiger partial charge in [0.15, 0.2) is 0 Å². The molecule has 0 atom stereocenters. The van der Waals surface area contributed by atoms with Crippen LogP contribution >= 0.6 is 0 Å². The van der Waals surface area contributed by atoms with Crippen LogP contribution in [0.15, 0.2) is 0 Å². The van der Waals surface area contributed by atoms with Gasteiger partial charge in [-0.15, -0.1) is 0 Å². The van der Waals surface area contributed by atoms with E-state index in [0.717, 1.165) is 19.4 Å². The van der Waals surface area contributed by atoms with E-state index in [1.165, 1.54) is 0 Å². The van der Waals surface area contributed by atoms with Crippen molar-refractivity contribution in [1.29, 1.82) is 0 Å². The maximum atomic E-state index is 8.33. The van der Waals surface area contributed by atoms with Crippen molar-refractivity contribution in [1.82, 2.24) is 0 Å². The number of unbranched alkanes of at least 4 members (excludes halogenated alkanes) is 1. The van der Waals surface area contributed by atoms with E-state index in [2.05, 4.69) is 6.92 Å². The summed E-state index contributed by atoms with van der Waals surface area (Å²) < 4.78 is 10.1. The lowest BCUT2D eigenvalue weighted by atomic mass is 10.4. The summed E-state index contributed by atoms with van der Waals surface area (Å²) in [5, 5.41) is 38.8. The van der Waals surface area contributed by atoms with E-state index in [-0.39, 0.29) is 33.0 Å². The Bertz CT molecular complexity index is 98.3. The Kier molecular flexibility index (Phi) is 38.3. The molecule has 119 valence electrons. The highest BCUT2D eigenvalue weighted by atomic mass is 16.5. The van der Waals surface area contributed by atoms with E-state index in [0.29, 0.717) is 19.8 Å². The van der Waals surface area contributed by atoms with Crippen LogP contribution in [0.3, 0.4) is 0 Å². The third kappa shape index (κ3) is 46.3. The zero-order valence-corrected chi connectivity index (χ0v) is 11.5. The number of hydrogen-bond donors (Lipinski definition) is 5. The van der Waals surface area contributed by atoms with Crippen molar-refractivity contribution in [2.45, 2.75) is 12.8 Å². The molecule has 5 N–H and O–H groups in total. The first-order valence-corrected chi connectivity index (χ1v) is 6.24. The number of aliphatic hydroxyl groups excluding tert-OH is 5. The van der Waals surface area contributed by atoms with Gasteiger partial charge in [0.2, 0.25) is 0 Å². The predicted octanol–water partition coefficient (Wildman–Crippen LogP) is -1.43. The molecule has 1 radical (unpaired) electrons. The number of rotatable bonds is 10. The van der Waals surface area contributed by atoms with Crippen LogP contribution in [0.4, 0.5) is 0 Å². The van der Waals surface area contributed by atoms with Crippen LogP contribution in [-0.4, -0.2) is 85.0 Å². The van der Waals surface area contributed by atoms with Crippen molar-refractivity contribution in [2.24, 2.45) is 0 Å². The average molecular weight is 285 g/mol. The molecule has 0 saturated carbocycles. The molecule has 0 unspecified atom stereocenters. The summed E-state index contributed by atoms with van der Waals surface area (Å²) in [4.78, 5) is 0. The fourth-order valence-corrected chi connectivity index (χ4v) is 0.591. The lowest BCUT2D eigenvalue weighted by Crippen LogP contribution is -2.07. The Balaban J connectivity index is -0.000000264. The van der Waals surface area contributed by atoms with Crippen LogP contribution in [0.2, 0.25) is 0 Å². The summed E-state index contributed by atoms with van der Waals surface area (Å²) >= 11 is 0. The minimum Gasteiger partial charge on any atom is -0.394 e. The summed E-state index contributed by atoms with van der Waals surface area (Å²) in [6, 6.07) is 0. The van der Waals surface area contributed by atoms with Gasteiger partial charge in [-0.1, -0.05) is 13.3 Å². The smallest absolute Gasteiger partial charge is 0.0701 e. The van der Waals surface area contributed by atoms with Crippen molar-refractivity contribution in [3.8, 4) is 0 Å². The zero-order valence-electron chi connectivity index (χ0n) is 11.5. The third-order valence-electron chi connectivity index (χ3n) is 1.35. The van der Waals surface area contributed by atoms with Gasteiger partial charge in [0.1, 0.15) is 0 Å². The van der Waals surface area contributed by atoms with Crippen molar-refractivity contribution >= 4 is 0 Å². The second-order valence-corrected chi connectivity index (χ2v) is 3.05. The molecule has 7 heteroatoms. The SMILES string of the molecule is OCCO.OCCO.[CH2]CCCOCCOCCO. The Morgan fingerprint density at radius 2 is 1.00 bits per heavy atom. The molecule has 0 rings (SSSR count). The topological polar surface area (TPSA) is 120 Å². The van der Waals surface area contributed by atoms with Gasteiger partial charge in [0, 0.05) is 6.61 Å². The Hall–Kier alpha value is -0.280. The fraction of sp³-hybridized carbons (Fsp3) is 0.917. The van der Waals surface area contributed by atoms with Gasteiger partial charge < -0.3 is 35.0 Å². The fourth-order valence-electron chi connectivity index (χ4n) is 0.591. The molecular formula is C12H29O7. The van der Waals surface area contributed by atoms with Gasteiger partial charge in [0.05, 0.1) is 52.9 Å². The molecule has 0 bridgehead atoms. The highest BCUT2D eigenvalue weighted by Gasteiger charge is 1.87. The molecule has 7 nitrogen and oxygen atoms in total. The molecule has 0 aromatic heterocycles. The van der Waals surface area contributed by atoms with Crippen LogP contribution in [0.1, 0.15) is 12.8 Å². The lowest BCUT2D eigenvalue weighted by molar-refractivity contribution is 0.0326. The normalized spacial score (nSPS) is 9.16. The van der Waals surface area contributed by atoms with Crippen LogP contribution in [0, 0.1) is 6.92 Å². The van der Waals surface area contributed by atoms with Crippen molar-refractivity contribution in [3.05, 3.63) is 6.92 Å². The molecule has 0 heterocycles. The summed E-state index contributed by atoms with van der Waals surface area (Å²) in [5.41, 5.74) is 0. The summed E-state index contributed by atoms with van der Waals surface area (Å²) in [6.07, 6.45) is 1.91. The number of hydrogen-bond acceptors (Lipinski definition) is 7. The van der Waals surface area contributed by atoms with E-state index in [1.54, 1.807) is 0 Å². The van der Waals surface area contributed by atoms with E-state index in [1.807, 2.05) is 0 Å². The van der Waals surface area contributed by atoms with Crippen molar-refractivity contribution in [3.63, 3.8) is 0 Å². The van der Waals surface area contributed by atoms with Crippen molar-refractivity contribution in [2.75, 3.05) is 59.5 Å². The highest BCUT2D eigenvalue weighted by Crippen LogP contribution is 1.86. The molecule has 0 aliphatic rings. The minimum absolute atomic E-state index is 0.0822. The zero-order chi connectivity index (χ0) is 15.2. The van der Waals surface area contributed by atoms with Gasteiger partial charge in [-0.25, -0.2) is 0 Å². The first kappa shape index (κ1) is 23.8. The molecule has 0 aromatic rings. The third-order valence-corrected chi connectivity index (χ3v) is 1.35. The molecule has 0 saturated heterocycles. The lowest BCUT2D eigenvalue weighted by Gasteiger charge is -2.02. The second-order valence-electron chi connectivity index (χ2n) is 3.05. The van der Waals surface area contributed by atoms with Crippen LogP contribution < -0.4 is 0 Å². The Morgan fingerprint density at radius 3 is 1.32 bits per heavy atom. The monoisotopic (exact) mass is 285 g/mol. The number of aliphatic hydroxyl groups is 5. The summed E-state index contributed by atoms with van der Waals surface area (Å²) in [7, 11) is 0. The van der Waals surface area contributed by atoms with Crippen LogP contribution in [-0.2, 0) is 9.47 Å². The van der Waals surface area contributed by atoms with Gasteiger partial charge in [0.25, 0.3) is 0 Å². The first-order chi connectivity index (χ1) is 9.24. The first-order valence-electron chi connectivity index (χ1n) is 6.24. The molecule has 0 spiro atoms. The molecule has 0 aromatic carbocycles. The molecule has 0 fully saturated rings. The molecular weight excluding hydrogens is 256 g/mol. The standard InChI is InChI=1S/C8H17O3.2C2H6O2/c1-2-3-5-10-7-8-11-6-4-9;2*3-1-2-4/h9H,1-8H2;2*3-4H,1-2H2. The van der Waals surface area contributed by atoms with Crippen LogP contribution in [0.5, 0.6) is 0 Å². The van der Waals surface area contributed by atoms with E-state index in [9.17, 15) is 0 Å². The van der Waals surface area contributed by atoms with Crippen LogP contribution in [0.25, 0.3) is 0 Å². The largest absolute Gasteiger partial charge is 0.394 e.